The van der Waals surface area contributed by atoms with Gasteiger partial charge in [-0.2, -0.15) is 0 Å². The van der Waals surface area contributed by atoms with Crippen LogP contribution in [-0.4, -0.2) is 42.1 Å². The summed E-state index contributed by atoms with van der Waals surface area (Å²) in [7, 11) is 3.09. The van der Waals surface area contributed by atoms with Gasteiger partial charge in [0.2, 0.25) is 5.91 Å². The number of rotatable bonds is 5. The van der Waals surface area contributed by atoms with Gasteiger partial charge in [0.05, 0.1) is 13.5 Å². The van der Waals surface area contributed by atoms with Crippen molar-refractivity contribution in [2.45, 2.75) is 26.3 Å². The Balaban J connectivity index is 2.77. The fourth-order valence-corrected chi connectivity index (χ4v) is 1.73. The molecule has 5 nitrogen and oxygen atoms in total. The molecule has 0 bridgehead atoms. The first-order valence-electron chi connectivity index (χ1n) is 5.98. The molecule has 0 fully saturated rings. The van der Waals surface area contributed by atoms with E-state index in [4.69, 9.17) is 9.84 Å². The number of likely N-dealkylation sites (N-methyl/N-ethyl adjacent to an activating group) is 1. The van der Waals surface area contributed by atoms with Crippen molar-refractivity contribution in [3.8, 4) is 5.75 Å². The van der Waals surface area contributed by atoms with E-state index in [1.54, 1.807) is 13.2 Å². The molecule has 0 radical (unpaired) electrons. The highest BCUT2D eigenvalue weighted by Gasteiger charge is 2.21. The Morgan fingerprint density at radius 2 is 2.05 bits per heavy atom. The maximum Gasteiger partial charge on any atom is 0.326 e. The van der Waals surface area contributed by atoms with E-state index >= 15 is 0 Å². The van der Waals surface area contributed by atoms with Gasteiger partial charge in [0.25, 0.3) is 0 Å². The number of ether oxygens (including phenoxy) is 1. The number of hydrogen-bond acceptors (Lipinski definition) is 3. The molecule has 0 heterocycles. The molecule has 19 heavy (non-hydrogen) atoms. The molecule has 0 aliphatic carbocycles. The lowest BCUT2D eigenvalue weighted by Crippen LogP contribution is -2.41. The third kappa shape index (κ3) is 3.71. The average molecular weight is 265 g/mol. The maximum absolute atomic E-state index is 12.0. The molecule has 0 saturated heterocycles. The summed E-state index contributed by atoms with van der Waals surface area (Å²) in [6.07, 6.45) is 0.180. The number of methoxy groups -OCH3 is 1. The number of carboxylic acid groups (broad SMARTS) is 1. The average Bonchev–Trinajstić information content (AvgIpc) is 2.37. The Labute approximate surface area is 112 Å². The molecule has 1 rings (SSSR count). The van der Waals surface area contributed by atoms with Crippen molar-refractivity contribution in [2.75, 3.05) is 14.2 Å². The van der Waals surface area contributed by atoms with Crippen LogP contribution < -0.4 is 4.74 Å². The van der Waals surface area contributed by atoms with Crippen molar-refractivity contribution in [3.05, 3.63) is 29.3 Å². The van der Waals surface area contributed by atoms with Gasteiger partial charge in [0.1, 0.15) is 11.8 Å². The van der Waals surface area contributed by atoms with Gasteiger partial charge in [0, 0.05) is 7.05 Å². The number of aryl methyl sites for hydroxylation is 1. The van der Waals surface area contributed by atoms with Gasteiger partial charge in [-0.3, -0.25) is 4.79 Å². The summed E-state index contributed by atoms with van der Waals surface area (Å²) in [5, 5.41) is 8.87. The van der Waals surface area contributed by atoms with Crippen LogP contribution in [0.15, 0.2) is 18.2 Å². The number of carbonyl (C=O) groups excluding carboxylic acids is 1. The van der Waals surface area contributed by atoms with Crippen LogP contribution in [0.25, 0.3) is 0 Å². The first kappa shape index (κ1) is 15.0. The van der Waals surface area contributed by atoms with E-state index in [2.05, 4.69) is 0 Å². The van der Waals surface area contributed by atoms with Crippen molar-refractivity contribution in [1.29, 1.82) is 0 Å². The van der Waals surface area contributed by atoms with Crippen molar-refractivity contribution in [1.82, 2.24) is 4.90 Å². The fraction of sp³-hybridized carbons (Fsp3) is 0.429. The lowest BCUT2D eigenvalue weighted by Gasteiger charge is -2.21. The zero-order chi connectivity index (χ0) is 14.6. The van der Waals surface area contributed by atoms with Crippen molar-refractivity contribution in [3.63, 3.8) is 0 Å². The molecule has 1 N–H and O–H groups in total. The topological polar surface area (TPSA) is 66.8 Å². The number of benzene rings is 1. The Hall–Kier alpha value is -2.04. The Bertz CT molecular complexity index is 484. The number of carboxylic acids is 1. The first-order valence-corrected chi connectivity index (χ1v) is 5.98. The van der Waals surface area contributed by atoms with Gasteiger partial charge in [-0.1, -0.05) is 12.1 Å². The van der Waals surface area contributed by atoms with Gasteiger partial charge in [-0.15, -0.1) is 0 Å². The van der Waals surface area contributed by atoms with E-state index in [1.807, 2.05) is 19.1 Å². The van der Waals surface area contributed by atoms with E-state index in [-0.39, 0.29) is 12.3 Å². The molecule has 1 aromatic rings. The summed E-state index contributed by atoms with van der Waals surface area (Å²) in [5.41, 5.74) is 1.79. The quantitative estimate of drug-likeness (QED) is 0.875. The Kier molecular flexibility index (Phi) is 4.92. The SMILES string of the molecule is COc1ccc(CC(=O)N(C)C(C)C(=O)O)cc1C. The summed E-state index contributed by atoms with van der Waals surface area (Å²) in [6.45, 7) is 3.38. The molecule has 0 saturated carbocycles. The van der Waals surface area contributed by atoms with Crippen LogP contribution in [0.5, 0.6) is 5.75 Å². The van der Waals surface area contributed by atoms with Crippen LogP contribution in [0, 0.1) is 6.92 Å². The van der Waals surface area contributed by atoms with E-state index in [9.17, 15) is 9.59 Å². The largest absolute Gasteiger partial charge is 0.496 e. The fourth-order valence-electron chi connectivity index (χ4n) is 1.73. The van der Waals surface area contributed by atoms with Crippen molar-refractivity contribution in [2.24, 2.45) is 0 Å². The van der Waals surface area contributed by atoms with Gasteiger partial charge in [-0.05, 0) is 31.0 Å². The van der Waals surface area contributed by atoms with E-state index in [0.717, 1.165) is 16.9 Å². The second-order valence-corrected chi connectivity index (χ2v) is 4.50. The number of aliphatic carboxylic acids is 1. The van der Waals surface area contributed by atoms with Crippen molar-refractivity contribution >= 4 is 11.9 Å². The second-order valence-electron chi connectivity index (χ2n) is 4.50. The Morgan fingerprint density at radius 1 is 1.42 bits per heavy atom. The molecule has 104 valence electrons. The molecule has 1 unspecified atom stereocenters. The number of carbonyl (C=O) groups is 2. The third-order valence-electron chi connectivity index (χ3n) is 3.15. The zero-order valence-electron chi connectivity index (χ0n) is 11.6. The predicted molar refractivity (Wildman–Crippen MR) is 71.3 cm³/mol. The van der Waals surface area contributed by atoms with Crippen LogP contribution in [-0.2, 0) is 16.0 Å². The lowest BCUT2D eigenvalue weighted by atomic mass is 10.1. The van der Waals surface area contributed by atoms with Crippen LogP contribution in [0.1, 0.15) is 18.1 Å². The minimum atomic E-state index is -1.01. The normalized spacial score (nSPS) is 11.8. The monoisotopic (exact) mass is 265 g/mol. The lowest BCUT2D eigenvalue weighted by molar-refractivity contribution is -0.147. The molecule has 1 atom stereocenters. The maximum atomic E-state index is 12.0. The molecule has 5 heteroatoms. The van der Waals surface area contributed by atoms with Crippen LogP contribution >= 0.6 is 0 Å². The highest BCUT2D eigenvalue weighted by atomic mass is 16.5. The first-order chi connectivity index (χ1) is 8.86. The van der Waals surface area contributed by atoms with Gasteiger partial charge in [0.15, 0.2) is 0 Å². The molecule has 1 aromatic carbocycles. The minimum Gasteiger partial charge on any atom is -0.496 e. The highest BCUT2D eigenvalue weighted by molar-refractivity contribution is 5.84. The molecule has 0 aliphatic heterocycles. The molecule has 0 aliphatic rings. The standard InChI is InChI=1S/C14H19NO4/c1-9-7-11(5-6-12(9)19-4)8-13(16)15(3)10(2)14(17)18/h5-7,10H,8H2,1-4H3,(H,17,18). The number of nitrogens with zero attached hydrogens (tertiary/aromatic N) is 1. The smallest absolute Gasteiger partial charge is 0.326 e. The second kappa shape index (κ2) is 6.22. The molecule has 1 amide bonds. The Morgan fingerprint density at radius 3 is 2.53 bits per heavy atom. The summed E-state index contributed by atoms with van der Waals surface area (Å²) in [6, 6.07) is 4.66. The third-order valence-corrected chi connectivity index (χ3v) is 3.15. The summed E-state index contributed by atoms with van der Waals surface area (Å²) in [5.74, 6) is -0.468. The zero-order valence-corrected chi connectivity index (χ0v) is 11.6. The van der Waals surface area contributed by atoms with E-state index in [0.29, 0.717) is 0 Å². The summed E-state index contributed by atoms with van der Waals surface area (Å²) >= 11 is 0. The summed E-state index contributed by atoms with van der Waals surface area (Å²) in [4.78, 5) is 24.0. The van der Waals surface area contributed by atoms with Crippen LogP contribution in [0.3, 0.4) is 0 Å². The van der Waals surface area contributed by atoms with Gasteiger partial charge in [-0.25, -0.2) is 4.79 Å². The predicted octanol–water partition coefficient (Wildman–Crippen LogP) is 1.48. The van der Waals surface area contributed by atoms with E-state index < -0.39 is 12.0 Å². The van der Waals surface area contributed by atoms with Crippen molar-refractivity contribution < 1.29 is 19.4 Å². The highest BCUT2D eigenvalue weighted by Crippen LogP contribution is 2.19. The molecule has 0 spiro atoms. The van der Waals surface area contributed by atoms with Gasteiger partial charge < -0.3 is 14.7 Å². The number of hydrogen-bond donors (Lipinski definition) is 1. The van der Waals surface area contributed by atoms with Crippen LogP contribution in [0.2, 0.25) is 0 Å². The molecular formula is C14H19NO4. The van der Waals surface area contributed by atoms with E-state index in [1.165, 1.54) is 18.9 Å². The summed E-state index contributed by atoms with van der Waals surface area (Å²) < 4.78 is 5.15. The van der Waals surface area contributed by atoms with Gasteiger partial charge >= 0.3 is 5.97 Å². The van der Waals surface area contributed by atoms with Crippen LogP contribution in [0.4, 0.5) is 0 Å². The molecular weight excluding hydrogens is 246 g/mol. The minimum absolute atomic E-state index is 0.180. The number of amides is 1. The molecule has 0 aromatic heterocycles.